The molecule has 1 atom stereocenters. The van der Waals surface area contributed by atoms with Gasteiger partial charge in [0.2, 0.25) is 0 Å². The monoisotopic (exact) mass is 268 g/mol. The van der Waals surface area contributed by atoms with Crippen LogP contribution in [0.15, 0.2) is 23.1 Å². The van der Waals surface area contributed by atoms with Crippen molar-refractivity contribution in [2.45, 2.75) is 38.2 Å². The number of ether oxygens (including phenoxy) is 1. The second kappa shape index (κ2) is 7.44. The van der Waals surface area contributed by atoms with E-state index in [0.29, 0.717) is 12.4 Å². The highest BCUT2D eigenvalue weighted by molar-refractivity contribution is 7.99. The fraction of sp³-hybridized carbons (Fsp3) is 0.500. The van der Waals surface area contributed by atoms with Crippen molar-refractivity contribution in [3.63, 3.8) is 0 Å². The molecule has 0 aromatic heterocycles. The maximum atomic E-state index is 11.2. The molecule has 0 spiro atoms. The minimum absolute atomic E-state index is 0.0613. The molecular weight excluding hydrogens is 248 g/mol. The summed E-state index contributed by atoms with van der Waals surface area (Å²) >= 11 is 1.57. The molecule has 0 aliphatic heterocycles. The number of carbonyl (C=O) groups excluding carboxylic acids is 1. The van der Waals surface area contributed by atoms with Gasteiger partial charge >= 0.3 is 5.97 Å². The van der Waals surface area contributed by atoms with Gasteiger partial charge in [0.25, 0.3) is 0 Å². The Labute approximate surface area is 113 Å². The summed E-state index contributed by atoms with van der Waals surface area (Å²) in [4.78, 5) is 12.3. The largest absolute Gasteiger partial charge is 0.466 e. The predicted octanol–water partition coefficient (Wildman–Crippen LogP) is 2.71. The van der Waals surface area contributed by atoms with Crippen LogP contribution in [0.1, 0.15) is 24.5 Å². The number of esters is 1. The highest BCUT2D eigenvalue weighted by atomic mass is 32.2. The Morgan fingerprint density at radius 3 is 2.78 bits per heavy atom. The summed E-state index contributed by atoms with van der Waals surface area (Å²) in [6.07, 6.45) is -0.596. The number of rotatable bonds is 6. The molecule has 0 aliphatic rings. The summed E-state index contributed by atoms with van der Waals surface area (Å²) in [5.74, 6) is 0.161. The summed E-state index contributed by atoms with van der Waals surface area (Å²) in [7, 11) is 0. The average molecular weight is 268 g/mol. The van der Waals surface area contributed by atoms with Crippen molar-refractivity contribution in [2.75, 3.05) is 12.4 Å². The van der Waals surface area contributed by atoms with Crippen LogP contribution in [-0.2, 0) is 9.53 Å². The van der Waals surface area contributed by atoms with Gasteiger partial charge in [0.15, 0.2) is 0 Å². The van der Waals surface area contributed by atoms with Crippen LogP contribution in [0.3, 0.4) is 0 Å². The Morgan fingerprint density at radius 2 is 2.17 bits per heavy atom. The molecule has 0 heterocycles. The van der Waals surface area contributed by atoms with Crippen LogP contribution in [0.25, 0.3) is 0 Å². The van der Waals surface area contributed by atoms with Gasteiger partial charge in [-0.1, -0.05) is 17.7 Å². The quantitative estimate of drug-likeness (QED) is 0.636. The van der Waals surface area contributed by atoms with Crippen molar-refractivity contribution in [1.82, 2.24) is 0 Å². The molecule has 100 valence electrons. The van der Waals surface area contributed by atoms with E-state index in [2.05, 4.69) is 13.0 Å². The first-order valence-electron chi connectivity index (χ1n) is 6.06. The van der Waals surface area contributed by atoms with Crippen molar-refractivity contribution >= 4 is 17.7 Å². The molecule has 1 unspecified atom stereocenters. The second-order valence-electron chi connectivity index (χ2n) is 4.24. The molecule has 1 aromatic carbocycles. The van der Waals surface area contributed by atoms with Gasteiger partial charge in [-0.25, -0.2) is 0 Å². The van der Waals surface area contributed by atoms with Crippen LogP contribution in [-0.4, -0.2) is 29.5 Å². The second-order valence-corrected chi connectivity index (χ2v) is 5.30. The molecule has 3 nitrogen and oxygen atoms in total. The van der Waals surface area contributed by atoms with Gasteiger partial charge in [-0.05, 0) is 32.4 Å². The minimum atomic E-state index is -0.658. The van der Waals surface area contributed by atoms with E-state index in [9.17, 15) is 9.90 Å². The Hall–Kier alpha value is -1.00. The van der Waals surface area contributed by atoms with Gasteiger partial charge in [-0.2, -0.15) is 0 Å². The normalized spacial score (nSPS) is 12.2. The fourth-order valence-electron chi connectivity index (χ4n) is 1.62. The standard InChI is InChI=1S/C14H20O3S/c1-4-17-14(16)8-12(15)9-18-13-6-5-10(2)7-11(13)3/h5-7,12,15H,4,8-9H2,1-3H3. The molecule has 0 fully saturated rings. The maximum Gasteiger partial charge on any atom is 0.308 e. The highest BCUT2D eigenvalue weighted by Crippen LogP contribution is 2.24. The van der Waals surface area contributed by atoms with Gasteiger partial charge in [0.1, 0.15) is 0 Å². The topological polar surface area (TPSA) is 46.5 Å². The van der Waals surface area contributed by atoms with E-state index in [4.69, 9.17) is 4.74 Å². The molecule has 4 heteroatoms. The number of hydrogen-bond acceptors (Lipinski definition) is 4. The first-order chi connectivity index (χ1) is 8.52. The van der Waals surface area contributed by atoms with Gasteiger partial charge in [0.05, 0.1) is 19.1 Å². The summed E-state index contributed by atoms with van der Waals surface area (Å²) in [5.41, 5.74) is 2.42. The van der Waals surface area contributed by atoms with Crippen molar-refractivity contribution < 1.29 is 14.6 Å². The lowest BCUT2D eigenvalue weighted by molar-refractivity contribution is -0.144. The van der Waals surface area contributed by atoms with E-state index in [1.165, 1.54) is 11.1 Å². The third kappa shape index (κ3) is 5.10. The van der Waals surface area contributed by atoms with Gasteiger partial charge in [0, 0.05) is 10.6 Å². The first-order valence-corrected chi connectivity index (χ1v) is 7.05. The molecule has 1 aromatic rings. The van der Waals surface area contributed by atoms with Gasteiger partial charge in [-0.3, -0.25) is 4.79 Å². The third-order valence-electron chi connectivity index (χ3n) is 2.47. The number of thioether (sulfide) groups is 1. The number of aryl methyl sites for hydroxylation is 2. The van der Waals surface area contributed by atoms with Crippen molar-refractivity contribution in [1.29, 1.82) is 0 Å². The van der Waals surface area contributed by atoms with E-state index in [1.54, 1.807) is 18.7 Å². The molecule has 1 rings (SSSR count). The van der Waals surface area contributed by atoms with Crippen LogP contribution in [0.4, 0.5) is 0 Å². The number of hydrogen-bond donors (Lipinski definition) is 1. The van der Waals surface area contributed by atoms with Crippen molar-refractivity contribution in [3.05, 3.63) is 29.3 Å². The smallest absolute Gasteiger partial charge is 0.308 e. The van der Waals surface area contributed by atoms with Crippen molar-refractivity contribution in [2.24, 2.45) is 0 Å². The lowest BCUT2D eigenvalue weighted by atomic mass is 10.2. The molecule has 1 N–H and O–H groups in total. The Balaban J connectivity index is 2.42. The van der Waals surface area contributed by atoms with E-state index in [1.807, 2.05) is 19.1 Å². The summed E-state index contributed by atoms with van der Waals surface area (Å²) in [6, 6.07) is 6.21. The number of carbonyl (C=O) groups is 1. The summed E-state index contributed by atoms with van der Waals surface area (Å²) < 4.78 is 4.80. The number of aliphatic hydroxyl groups excluding tert-OH is 1. The first kappa shape index (κ1) is 15.1. The predicted molar refractivity (Wildman–Crippen MR) is 73.9 cm³/mol. The number of aliphatic hydroxyl groups is 1. The Bertz CT molecular complexity index is 404. The molecule has 0 amide bonds. The zero-order valence-electron chi connectivity index (χ0n) is 11.1. The Kier molecular flexibility index (Phi) is 6.22. The van der Waals surface area contributed by atoms with E-state index in [-0.39, 0.29) is 12.4 Å². The van der Waals surface area contributed by atoms with E-state index < -0.39 is 6.10 Å². The lowest BCUT2D eigenvalue weighted by Gasteiger charge is -2.11. The summed E-state index contributed by atoms with van der Waals surface area (Å²) in [6.45, 7) is 6.22. The average Bonchev–Trinajstić information content (AvgIpc) is 2.28. The zero-order valence-corrected chi connectivity index (χ0v) is 11.9. The molecular formula is C14H20O3S. The third-order valence-corrected chi connectivity index (χ3v) is 3.79. The van der Waals surface area contributed by atoms with Crippen LogP contribution in [0.5, 0.6) is 0 Å². The molecule has 0 saturated carbocycles. The highest BCUT2D eigenvalue weighted by Gasteiger charge is 2.12. The molecule has 0 bridgehead atoms. The maximum absolute atomic E-state index is 11.2. The molecule has 0 aliphatic carbocycles. The summed E-state index contributed by atoms with van der Waals surface area (Å²) in [5, 5.41) is 9.73. The molecule has 18 heavy (non-hydrogen) atoms. The number of benzene rings is 1. The minimum Gasteiger partial charge on any atom is -0.466 e. The fourth-order valence-corrected chi connectivity index (χ4v) is 2.56. The van der Waals surface area contributed by atoms with Crippen LogP contribution < -0.4 is 0 Å². The lowest BCUT2D eigenvalue weighted by Crippen LogP contribution is -2.17. The van der Waals surface area contributed by atoms with Gasteiger partial charge < -0.3 is 9.84 Å². The van der Waals surface area contributed by atoms with Crippen LogP contribution >= 0.6 is 11.8 Å². The SMILES string of the molecule is CCOC(=O)CC(O)CSc1ccc(C)cc1C. The molecule has 0 radical (unpaired) electrons. The van der Waals surface area contributed by atoms with Crippen LogP contribution in [0.2, 0.25) is 0 Å². The van der Waals surface area contributed by atoms with E-state index >= 15 is 0 Å². The van der Waals surface area contributed by atoms with E-state index in [0.717, 1.165) is 4.90 Å². The van der Waals surface area contributed by atoms with Crippen molar-refractivity contribution in [3.8, 4) is 0 Å². The Morgan fingerprint density at radius 1 is 1.44 bits per heavy atom. The molecule has 0 saturated heterocycles. The van der Waals surface area contributed by atoms with Crippen LogP contribution in [0, 0.1) is 13.8 Å². The zero-order chi connectivity index (χ0) is 13.5. The van der Waals surface area contributed by atoms with Gasteiger partial charge in [-0.15, -0.1) is 11.8 Å².